The van der Waals surface area contributed by atoms with Crippen LogP contribution in [0.2, 0.25) is 0 Å². The third kappa shape index (κ3) is 1.94. The summed E-state index contributed by atoms with van der Waals surface area (Å²) < 4.78 is 0. The van der Waals surface area contributed by atoms with E-state index in [1.165, 1.54) is 17.9 Å². The fraction of sp³-hybridized carbons (Fsp3) is 0.556. The van der Waals surface area contributed by atoms with E-state index < -0.39 is 0 Å². The van der Waals surface area contributed by atoms with Crippen LogP contribution >= 0.6 is 23.1 Å². The van der Waals surface area contributed by atoms with Crippen molar-refractivity contribution in [1.29, 1.82) is 0 Å². The molecule has 0 N–H and O–H groups in total. The van der Waals surface area contributed by atoms with Crippen molar-refractivity contribution in [1.82, 2.24) is 4.98 Å². The monoisotopic (exact) mass is 213 g/mol. The Bertz CT molecular complexity index is 315. The second-order valence-corrected chi connectivity index (χ2v) is 5.39. The smallest absolute Gasteiger partial charge is 0.171 e. The van der Waals surface area contributed by atoms with E-state index in [1.807, 2.05) is 11.8 Å². The Morgan fingerprint density at radius 2 is 2.54 bits per heavy atom. The maximum absolute atomic E-state index is 11.0. The number of hydrogen-bond acceptors (Lipinski definition) is 4. The highest BCUT2D eigenvalue weighted by Crippen LogP contribution is 2.34. The molecule has 1 saturated heterocycles. The van der Waals surface area contributed by atoms with Crippen molar-refractivity contribution >= 4 is 28.9 Å². The summed E-state index contributed by atoms with van der Waals surface area (Å²) in [5.74, 6) is 3.14. The van der Waals surface area contributed by atoms with Crippen LogP contribution in [0.25, 0.3) is 0 Å². The SMILES string of the molecule is CC(=O)c1cnc(C2CCSC2)s1. The summed E-state index contributed by atoms with van der Waals surface area (Å²) in [7, 11) is 0. The van der Waals surface area contributed by atoms with E-state index in [9.17, 15) is 4.79 Å². The van der Waals surface area contributed by atoms with Crippen molar-refractivity contribution in [2.75, 3.05) is 11.5 Å². The molecule has 13 heavy (non-hydrogen) atoms. The van der Waals surface area contributed by atoms with Crippen molar-refractivity contribution in [3.63, 3.8) is 0 Å². The predicted octanol–water partition coefficient (Wildman–Crippen LogP) is 2.57. The molecule has 1 aromatic heterocycles. The zero-order chi connectivity index (χ0) is 9.26. The normalized spacial score (nSPS) is 22.1. The minimum atomic E-state index is 0.134. The van der Waals surface area contributed by atoms with Gasteiger partial charge in [-0.1, -0.05) is 0 Å². The molecule has 1 aromatic rings. The Morgan fingerprint density at radius 1 is 1.69 bits per heavy atom. The van der Waals surface area contributed by atoms with E-state index in [2.05, 4.69) is 4.98 Å². The number of hydrogen-bond donors (Lipinski definition) is 0. The molecular formula is C9H11NOS2. The third-order valence-electron chi connectivity index (χ3n) is 2.15. The standard InChI is InChI=1S/C9H11NOS2/c1-6(11)8-4-10-9(13-8)7-2-3-12-5-7/h4,7H,2-3,5H2,1H3. The first-order valence-electron chi connectivity index (χ1n) is 4.32. The highest BCUT2D eigenvalue weighted by atomic mass is 32.2. The number of carbonyl (C=O) groups excluding carboxylic acids is 1. The second kappa shape index (κ2) is 3.80. The van der Waals surface area contributed by atoms with Gasteiger partial charge in [-0.3, -0.25) is 4.79 Å². The summed E-state index contributed by atoms with van der Waals surface area (Å²) in [5, 5.41) is 1.15. The zero-order valence-corrected chi connectivity index (χ0v) is 9.08. The van der Waals surface area contributed by atoms with E-state index in [0.29, 0.717) is 5.92 Å². The van der Waals surface area contributed by atoms with Gasteiger partial charge in [0.1, 0.15) is 0 Å². The molecule has 1 fully saturated rings. The van der Waals surface area contributed by atoms with Crippen molar-refractivity contribution in [3.05, 3.63) is 16.1 Å². The average Bonchev–Trinajstić information content (AvgIpc) is 2.75. The largest absolute Gasteiger partial charge is 0.294 e. The molecule has 4 heteroatoms. The Hall–Kier alpha value is -0.350. The lowest BCUT2D eigenvalue weighted by molar-refractivity contribution is 0.102. The summed E-state index contributed by atoms with van der Waals surface area (Å²) in [6.07, 6.45) is 2.93. The van der Waals surface area contributed by atoms with Crippen LogP contribution in [0.5, 0.6) is 0 Å². The molecule has 0 spiro atoms. The maximum Gasteiger partial charge on any atom is 0.171 e. The fourth-order valence-corrected chi connectivity index (χ4v) is 3.65. The van der Waals surface area contributed by atoms with Gasteiger partial charge >= 0.3 is 0 Å². The molecule has 1 aliphatic heterocycles. The molecule has 0 amide bonds. The minimum Gasteiger partial charge on any atom is -0.294 e. The van der Waals surface area contributed by atoms with E-state index in [-0.39, 0.29) is 5.78 Å². The summed E-state index contributed by atoms with van der Waals surface area (Å²) in [4.78, 5) is 16.1. The van der Waals surface area contributed by atoms with Gasteiger partial charge in [-0.05, 0) is 12.2 Å². The predicted molar refractivity (Wildman–Crippen MR) is 56.8 cm³/mol. The third-order valence-corrected chi connectivity index (χ3v) is 4.57. The van der Waals surface area contributed by atoms with Gasteiger partial charge in [-0.15, -0.1) is 11.3 Å². The van der Waals surface area contributed by atoms with Gasteiger partial charge in [0.15, 0.2) is 5.78 Å². The van der Waals surface area contributed by atoms with Crippen LogP contribution in [0.15, 0.2) is 6.20 Å². The Morgan fingerprint density at radius 3 is 3.08 bits per heavy atom. The fourth-order valence-electron chi connectivity index (χ4n) is 1.37. The van der Waals surface area contributed by atoms with E-state index in [0.717, 1.165) is 9.88 Å². The summed E-state index contributed by atoms with van der Waals surface area (Å²) in [6, 6.07) is 0. The summed E-state index contributed by atoms with van der Waals surface area (Å²) in [6.45, 7) is 1.60. The number of ketones is 1. The number of carbonyl (C=O) groups is 1. The molecule has 0 saturated carbocycles. The molecule has 0 radical (unpaired) electrons. The molecule has 2 rings (SSSR count). The van der Waals surface area contributed by atoms with Crippen LogP contribution < -0.4 is 0 Å². The second-order valence-electron chi connectivity index (χ2n) is 3.18. The zero-order valence-electron chi connectivity index (χ0n) is 7.45. The van der Waals surface area contributed by atoms with Gasteiger partial charge in [0, 0.05) is 24.8 Å². The van der Waals surface area contributed by atoms with Gasteiger partial charge in [-0.2, -0.15) is 11.8 Å². The molecule has 70 valence electrons. The molecule has 2 heterocycles. The Balaban J connectivity index is 2.16. The van der Waals surface area contributed by atoms with Gasteiger partial charge in [-0.25, -0.2) is 4.98 Å². The minimum absolute atomic E-state index is 0.134. The molecular weight excluding hydrogens is 202 g/mol. The van der Waals surface area contributed by atoms with Crippen molar-refractivity contribution in [3.8, 4) is 0 Å². The average molecular weight is 213 g/mol. The van der Waals surface area contributed by atoms with Crippen molar-refractivity contribution < 1.29 is 4.79 Å². The van der Waals surface area contributed by atoms with Gasteiger partial charge < -0.3 is 0 Å². The van der Waals surface area contributed by atoms with Crippen molar-refractivity contribution in [2.24, 2.45) is 0 Å². The Kier molecular flexibility index (Phi) is 2.69. The van der Waals surface area contributed by atoms with E-state index in [4.69, 9.17) is 0 Å². The number of rotatable bonds is 2. The first-order valence-corrected chi connectivity index (χ1v) is 6.29. The lowest BCUT2D eigenvalue weighted by Crippen LogP contribution is -1.93. The first kappa shape index (κ1) is 9.21. The quantitative estimate of drug-likeness (QED) is 0.707. The molecule has 1 aliphatic rings. The first-order chi connectivity index (χ1) is 6.27. The van der Waals surface area contributed by atoms with Crippen LogP contribution in [0, 0.1) is 0 Å². The van der Waals surface area contributed by atoms with Crippen LogP contribution in [0.4, 0.5) is 0 Å². The number of thiazole rings is 1. The lowest BCUT2D eigenvalue weighted by atomic mass is 10.1. The molecule has 2 nitrogen and oxygen atoms in total. The molecule has 1 atom stereocenters. The van der Waals surface area contributed by atoms with E-state index >= 15 is 0 Å². The highest BCUT2D eigenvalue weighted by molar-refractivity contribution is 7.99. The number of thioether (sulfide) groups is 1. The maximum atomic E-state index is 11.0. The molecule has 1 unspecified atom stereocenters. The van der Waals surface area contributed by atoms with Crippen LogP contribution in [-0.2, 0) is 0 Å². The Labute approximate surface area is 85.8 Å². The number of aromatic nitrogens is 1. The number of Topliss-reactive ketones (excluding diaryl/α,β-unsaturated/α-hetero) is 1. The molecule has 0 bridgehead atoms. The van der Waals surface area contributed by atoms with Gasteiger partial charge in [0.2, 0.25) is 0 Å². The number of nitrogens with zero attached hydrogens (tertiary/aromatic N) is 1. The lowest BCUT2D eigenvalue weighted by Gasteiger charge is -2.00. The van der Waals surface area contributed by atoms with Crippen molar-refractivity contribution in [2.45, 2.75) is 19.3 Å². The van der Waals surface area contributed by atoms with Crippen LogP contribution in [0.1, 0.15) is 33.9 Å². The summed E-state index contributed by atoms with van der Waals surface area (Å²) in [5.41, 5.74) is 0. The van der Waals surface area contributed by atoms with Crippen LogP contribution in [0.3, 0.4) is 0 Å². The molecule has 0 aromatic carbocycles. The van der Waals surface area contributed by atoms with Gasteiger partial charge in [0.25, 0.3) is 0 Å². The highest BCUT2D eigenvalue weighted by Gasteiger charge is 2.21. The topological polar surface area (TPSA) is 30.0 Å². The summed E-state index contributed by atoms with van der Waals surface area (Å²) >= 11 is 3.54. The molecule has 0 aliphatic carbocycles. The van der Waals surface area contributed by atoms with Crippen LogP contribution in [-0.4, -0.2) is 22.3 Å². The van der Waals surface area contributed by atoms with E-state index in [1.54, 1.807) is 24.5 Å². The van der Waals surface area contributed by atoms with Gasteiger partial charge in [0.05, 0.1) is 9.88 Å².